The highest BCUT2D eigenvalue weighted by Gasteiger charge is 2.53. The first kappa shape index (κ1) is 38.2. The molecule has 4 aromatic carbocycles. The second-order valence-corrected chi connectivity index (χ2v) is 11.4. The molecule has 0 aromatic heterocycles. The number of phenolic OH excluding ortho intramolecular Hbond substituents is 2. The molecule has 15 heteroatoms. The zero-order chi connectivity index (χ0) is 37.8. The molecule has 0 amide bonds. The molecule has 4 rings (SSSR count). The van der Waals surface area contributed by atoms with Crippen LogP contribution in [0.15, 0.2) is 48.5 Å². The SMILES string of the molecule is COc1ccc(OC)c2c(O)c(C(C[C@@H](OC(C)=O)[C@H](OC(C)=O)[C@H](OC(C)=O)C(F)(F)F)c3ccc4c(OC)ccc(OC)c4c3O)ccc12. The van der Waals surface area contributed by atoms with Crippen LogP contribution < -0.4 is 18.9 Å². The molecule has 274 valence electrons. The van der Waals surface area contributed by atoms with Crippen molar-refractivity contribution in [1.29, 1.82) is 0 Å². The highest BCUT2D eigenvalue weighted by Crippen LogP contribution is 2.50. The van der Waals surface area contributed by atoms with Crippen molar-refractivity contribution in [2.75, 3.05) is 28.4 Å². The van der Waals surface area contributed by atoms with Crippen LogP contribution in [0.1, 0.15) is 44.2 Å². The number of alkyl halides is 3. The number of benzene rings is 4. The summed E-state index contributed by atoms with van der Waals surface area (Å²) in [4.78, 5) is 36.6. The molecule has 0 radical (unpaired) electrons. The van der Waals surface area contributed by atoms with Gasteiger partial charge in [0.25, 0.3) is 0 Å². The predicted molar refractivity (Wildman–Crippen MR) is 177 cm³/mol. The largest absolute Gasteiger partial charge is 0.507 e. The number of halogens is 3. The van der Waals surface area contributed by atoms with E-state index in [0.717, 1.165) is 20.8 Å². The van der Waals surface area contributed by atoms with E-state index < -0.39 is 66.2 Å². The second kappa shape index (κ2) is 15.5. The number of methoxy groups -OCH3 is 4. The summed E-state index contributed by atoms with van der Waals surface area (Å²) in [5, 5.41) is 25.0. The van der Waals surface area contributed by atoms with Crippen LogP contribution in [0.5, 0.6) is 34.5 Å². The van der Waals surface area contributed by atoms with Gasteiger partial charge in [-0.05, 0) is 42.8 Å². The van der Waals surface area contributed by atoms with Gasteiger partial charge in [0.15, 0.2) is 6.10 Å². The molecule has 3 atom stereocenters. The van der Waals surface area contributed by atoms with Crippen LogP contribution in [0.25, 0.3) is 21.5 Å². The van der Waals surface area contributed by atoms with E-state index in [2.05, 4.69) is 4.74 Å². The van der Waals surface area contributed by atoms with Gasteiger partial charge in [-0.2, -0.15) is 13.2 Å². The number of carbonyl (C=O) groups is 3. The van der Waals surface area contributed by atoms with Gasteiger partial charge in [0.2, 0.25) is 6.10 Å². The molecule has 0 bridgehead atoms. The predicted octanol–water partition coefficient (Wildman–Crippen LogP) is 6.32. The summed E-state index contributed by atoms with van der Waals surface area (Å²) < 4.78 is 80.6. The molecule has 0 unspecified atom stereocenters. The van der Waals surface area contributed by atoms with Gasteiger partial charge in [0.1, 0.15) is 40.6 Å². The van der Waals surface area contributed by atoms with Crippen molar-refractivity contribution < 1.29 is 70.9 Å². The molecular weight excluding hydrogens is 681 g/mol. The van der Waals surface area contributed by atoms with Crippen LogP contribution in [0.2, 0.25) is 0 Å². The maximum atomic E-state index is 14.5. The van der Waals surface area contributed by atoms with Crippen molar-refractivity contribution in [3.05, 3.63) is 59.7 Å². The molecule has 0 aliphatic heterocycles. The quantitative estimate of drug-likeness (QED) is 0.117. The smallest absolute Gasteiger partial charge is 0.429 e. The minimum Gasteiger partial charge on any atom is -0.507 e. The number of rotatable bonds is 13. The Morgan fingerprint density at radius 2 is 1.00 bits per heavy atom. The van der Waals surface area contributed by atoms with Crippen LogP contribution >= 0.6 is 0 Å². The number of hydrogen-bond donors (Lipinski definition) is 2. The van der Waals surface area contributed by atoms with E-state index >= 15 is 0 Å². The molecule has 0 saturated heterocycles. The summed E-state index contributed by atoms with van der Waals surface area (Å²) in [6.07, 6.45) is -13.4. The maximum Gasteiger partial charge on any atom is 0.429 e. The van der Waals surface area contributed by atoms with E-state index in [4.69, 9.17) is 28.4 Å². The summed E-state index contributed by atoms with van der Waals surface area (Å²) >= 11 is 0. The molecule has 51 heavy (non-hydrogen) atoms. The standard InChI is InChI=1S/C36H37F3O12/c1-17(40)49-29(34(50-18(2)41)35(36(37,38)39)51-19(3)42)16-24(20-8-10-22-25(45-4)12-14-27(47-6)30(22)32(20)43)21-9-11-23-26(46-5)13-15-28(48-7)31(23)33(21)44/h8-15,24,29,34-35,43-44H,16H2,1-7H3/t29-,34+,35+/m1/s1. The first-order valence-electron chi connectivity index (χ1n) is 15.4. The van der Waals surface area contributed by atoms with E-state index in [-0.39, 0.29) is 33.4 Å². The van der Waals surface area contributed by atoms with Gasteiger partial charge < -0.3 is 43.4 Å². The average molecular weight is 719 g/mol. The molecule has 0 heterocycles. The first-order valence-corrected chi connectivity index (χ1v) is 15.4. The third-order valence-electron chi connectivity index (χ3n) is 8.21. The van der Waals surface area contributed by atoms with E-state index in [1.807, 2.05) is 0 Å². The van der Waals surface area contributed by atoms with E-state index in [1.54, 1.807) is 24.3 Å². The third-order valence-corrected chi connectivity index (χ3v) is 8.21. The van der Waals surface area contributed by atoms with Crippen molar-refractivity contribution in [1.82, 2.24) is 0 Å². The topological polar surface area (TPSA) is 156 Å². The second-order valence-electron chi connectivity index (χ2n) is 11.4. The van der Waals surface area contributed by atoms with Crippen LogP contribution in [0, 0.1) is 0 Å². The Balaban J connectivity index is 2.10. The number of fused-ring (bicyclic) bond motifs is 2. The summed E-state index contributed by atoms with van der Waals surface area (Å²) in [5.41, 5.74) is 0.0562. The summed E-state index contributed by atoms with van der Waals surface area (Å²) in [7, 11) is 5.57. The Morgan fingerprint density at radius 1 is 0.608 bits per heavy atom. The first-order chi connectivity index (χ1) is 24.1. The molecule has 12 nitrogen and oxygen atoms in total. The lowest BCUT2D eigenvalue weighted by Crippen LogP contribution is -2.52. The lowest BCUT2D eigenvalue weighted by Gasteiger charge is -2.35. The third kappa shape index (κ3) is 7.92. The molecule has 4 aromatic rings. The Kier molecular flexibility index (Phi) is 11.6. The van der Waals surface area contributed by atoms with Gasteiger partial charge >= 0.3 is 24.1 Å². The Labute approximate surface area is 290 Å². The fourth-order valence-electron chi connectivity index (χ4n) is 6.17. The van der Waals surface area contributed by atoms with Gasteiger partial charge in [-0.25, -0.2) is 0 Å². The highest BCUT2D eigenvalue weighted by molar-refractivity contribution is 6.00. The molecule has 0 saturated carbocycles. The zero-order valence-corrected chi connectivity index (χ0v) is 28.7. The van der Waals surface area contributed by atoms with Gasteiger partial charge in [0, 0.05) is 48.6 Å². The summed E-state index contributed by atoms with van der Waals surface area (Å²) in [6.45, 7) is 2.49. The normalized spacial score (nSPS) is 13.3. The maximum absolute atomic E-state index is 14.5. The number of hydrogen-bond acceptors (Lipinski definition) is 12. The molecular formula is C36H37F3O12. The minimum absolute atomic E-state index is 0.0281. The molecule has 0 aliphatic rings. The van der Waals surface area contributed by atoms with Crippen molar-refractivity contribution in [3.63, 3.8) is 0 Å². The monoisotopic (exact) mass is 718 g/mol. The zero-order valence-electron chi connectivity index (χ0n) is 28.7. The highest BCUT2D eigenvalue weighted by atomic mass is 19.4. The minimum atomic E-state index is -5.30. The van der Waals surface area contributed by atoms with Gasteiger partial charge in [0.05, 0.1) is 39.2 Å². The van der Waals surface area contributed by atoms with Crippen LogP contribution in [-0.4, -0.2) is 81.0 Å². The van der Waals surface area contributed by atoms with Crippen LogP contribution in [0.4, 0.5) is 13.2 Å². The van der Waals surface area contributed by atoms with Crippen molar-refractivity contribution in [3.8, 4) is 34.5 Å². The van der Waals surface area contributed by atoms with E-state index in [9.17, 15) is 37.8 Å². The number of esters is 3. The molecule has 0 spiro atoms. The number of phenols is 2. The Bertz CT molecular complexity index is 1840. The van der Waals surface area contributed by atoms with Crippen LogP contribution in [-0.2, 0) is 28.6 Å². The number of aromatic hydroxyl groups is 2. The van der Waals surface area contributed by atoms with Gasteiger partial charge in [-0.3, -0.25) is 14.4 Å². The fraction of sp³-hybridized carbons (Fsp3) is 0.361. The van der Waals surface area contributed by atoms with E-state index in [1.165, 1.54) is 52.7 Å². The molecule has 0 aliphatic carbocycles. The van der Waals surface area contributed by atoms with Crippen molar-refractivity contribution in [2.45, 2.75) is 57.6 Å². The van der Waals surface area contributed by atoms with E-state index in [0.29, 0.717) is 22.3 Å². The average Bonchev–Trinajstić information content (AvgIpc) is 3.07. The van der Waals surface area contributed by atoms with Crippen molar-refractivity contribution >= 4 is 39.5 Å². The van der Waals surface area contributed by atoms with Crippen molar-refractivity contribution in [2.24, 2.45) is 0 Å². The Morgan fingerprint density at radius 3 is 1.35 bits per heavy atom. The Hall–Kier alpha value is -5.60. The molecule has 2 N–H and O–H groups in total. The van der Waals surface area contributed by atoms with Gasteiger partial charge in [-0.15, -0.1) is 0 Å². The lowest BCUT2D eigenvalue weighted by molar-refractivity contribution is -0.258. The van der Waals surface area contributed by atoms with Crippen LogP contribution in [0.3, 0.4) is 0 Å². The number of carbonyl (C=O) groups excluding carboxylic acids is 3. The summed E-state index contributed by atoms with van der Waals surface area (Å²) in [6, 6.07) is 12.3. The molecule has 0 fully saturated rings. The summed E-state index contributed by atoms with van der Waals surface area (Å²) in [5.74, 6) is -4.64. The number of ether oxygens (including phenoxy) is 7. The fourth-order valence-corrected chi connectivity index (χ4v) is 6.17. The lowest BCUT2D eigenvalue weighted by atomic mass is 9.81. The van der Waals surface area contributed by atoms with Gasteiger partial charge in [-0.1, -0.05) is 12.1 Å².